The molecule has 1 N–H and O–H groups in total. The zero-order chi connectivity index (χ0) is 18.4. The number of carbonyl (C=O) groups excluding carboxylic acids is 2. The number of amides is 3. The molecule has 0 aliphatic carbocycles. The molecule has 0 bridgehead atoms. The molecule has 1 aliphatic rings. The Hall–Kier alpha value is -2.51. The molecule has 0 atom stereocenters. The molecule has 8 heteroatoms. The summed E-state index contributed by atoms with van der Waals surface area (Å²) in [5, 5.41) is 3.19. The third-order valence-corrected chi connectivity index (χ3v) is 5.83. The first-order valence-corrected chi connectivity index (χ1v) is 9.22. The van der Waals surface area contributed by atoms with E-state index in [9.17, 15) is 9.59 Å². The number of hydrogen-bond acceptors (Lipinski definition) is 5. The maximum Gasteiger partial charge on any atom is 0.324 e. The van der Waals surface area contributed by atoms with Crippen LogP contribution in [0.25, 0.3) is 21.5 Å². The number of rotatable bonds is 3. The number of urea groups is 1. The molecule has 1 aromatic carbocycles. The molecule has 4 rings (SSSR count). The second-order valence-electron chi connectivity index (χ2n) is 6.18. The van der Waals surface area contributed by atoms with Gasteiger partial charge in [-0.3, -0.25) is 9.69 Å². The van der Waals surface area contributed by atoms with E-state index < -0.39 is 0 Å². The average Bonchev–Trinajstić information content (AvgIpc) is 3.16. The second kappa shape index (κ2) is 6.34. The Morgan fingerprint density at radius 2 is 2.04 bits per heavy atom. The van der Waals surface area contributed by atoms with Gasteiger partial charge in [0.05, 0.1) is 29.0 Å². The van der Waals surface area contributed by atoms with Crippen molar-refractivity contribution in [1.29, 1.82) is 0 Å². The standard InChI is InChI=1S/C18H15ClN4O2S/c1-9-3-11(19)4-13(10(9)2)16-17-14(21-8-22-16)5-12(26-17)7-23-15(24)6-20-18(23)25/h3-5,8H,6-7H2,1-2H3,(H,20,25). The number of nitrogens with one attached hydrogen (secondary N) is 1. The van der Waals surface area contributed by atoms with Crippen molar-refractivity contribution in [2.75, 3.05) is 6.54 Å². The van der Waals surface area contributed by atoms with Crippen molar-refractivity contribution in [3.63, 3.8) is 0 Å². The minimum Gasteiger partial charge on any atom is -0.329 e. The van der Waals surface area contributed by atoms with E-state index in [4.69, 9.17) is 11.6 Å². The van der Waals surface area contributed by atoms with Crippen molar-refractivity contribution in [1.82, 2.24) is 20.2 Å². The van der Waals surface area contributed by atoms with E-state index >= 15 is 0 Å². The van der Waals surface area contributed by atoms with Gasteiger partial charge in [-0.25, -0.2) is 14.8 Å². The molecule has 132 valence electrons. The fraction of sp³-hybridized carbons (Fsp3) is 0.222. The highest BCUT2D eigenvalue weighted by molar-refractivity contribution is 7.19. The van der Waals surface area contributed by atoms with Crippen molar-refractivity contribution in [2.24, 2.45) is 0 Å². The van der Waals surface area contributed by atoms with Gasteiger partial charge < -0.3 is 5.32 Å². The molecule has 3 amide bonds. The van der Waals surface area contributed by atoms with Crippen LogP contribution in [-0.4, -0.2) is 33.4 Å². The van der Waals surface area contributed by atoms with Crippen LogP contribution in [0.1, 0.15) is 16.0 Å². The first kappa shape index (κ1) is 16.9. The van der Waals surface area contributed by atoms with Crippen LogP contribution in [0.5, 0.6) is 0 Å². The molecule has 3 aromatic rings. The molecular formula is C18H15ClN4O2S. The largest absolute Gasteiger partial charge is 0.329 e. The number of hydrogen-bond donors (Lipinski definition) is 1. The number of nitrogens with zero attached hydrogens (tertiary/aromatic N) is 3. The smallest absolute Gasteiger partial charge is 0.324 e. The average molecular weight is 387 g/mol. The molecule has 2 aromatic heterocycles. The lowest BCUT2D eigenvalue weighted by Gasteiger charge is -2.10. The van der Waals surface area contributed by atoms with E-state index in [2.05, 4.69) is 15.3 Å². The monoisotopic (exact) mass is 386 g/mol. The van der Waals surface area contributed by atoms with Gasteiger partial charge in [-0.2, -0.15) is 0 Å². The van der Waals surface area contributed by atoms with Gasteiger partial charge in [-0.05, 0) is 43.2 Å². The van der Waals surface area contributed by atoms with Crippen molar-refractivity contribution >= 4 is 45.1 Å². The van der Waals surface area contributed by atoms with E-state index in [1.807, 2.05) is 32.0 Å². The minimum absolute atomic E-state index is 0.0514. The summed E-state index contributed by atoms with van der Waals surface area (Å²) in [4.78, 5) is 34.5. The van der Waals surface area contributed by atoms with Crippen molar-refractivity contribution in [3.8, 4) is 11.3 Å². The van der Waals surface area contributed by atoms with Crippen molar-refractivity contribution < 1.29 is 9.59 Å². The van der Waals surface area contributed by atoms with E-state index in [0.29, 0.717) is 5.02 Å². The fourth-order valence-electron chi connectivity index (χ4n) is 3.01. The Bertz CT molecular complexity index is 1050. The van der Waals surface area contributed by atoms with Gasteiger partial charge in [0.25, 0.3) is 0 Å². The van der Waals surface area contributed by atoms with Crippen LogP contribution in [0, 0.1) is 13.8 Å². The van der Waals surface area contributed by atoms with Crippen LogP contribution in [0.4, 0.5) is 4.79 Å². The zero-order valence-corrected chi connectivity index (χ0v) is 15.7. The predicted molar refractivity (Wildman–Crippen MR) is 101 cm³/mol. The lowest BCUT2D eigenvalue weighted by atomic mass is 10.0. The van der Waals surface area contributed by atoms with Crippen LogP contribution in [0.3, 0.4) is 0 Å². The van der Waals surface area contributed by atoms with E-state index in [-0.39, 0.29) is 25.0 Å². The summed E-state index contributed by atoms with van der Waals surface area (Å²) in [6, 6.07) is 5.37. The molecule has 1 saturated heterocycles. The van der Waals surface area contributed by atoms with Gasteiger partial charge in [-0.15, -0.1) is 11.3 Å². The number of fused-ring (bicyclic) bond motifs is 1. The quantitative estimate of drug-likeness (QED) is 0.697. The summed E-state index contributed by atoms with van der Waals surface area (Å²) in [7, 11) is 0. The molecule has 6 nitrogen and oxygen atoms in total. The maximum absolute atomic E-state index is 11.8. The zero-order valence-electron chi connectivity index (χ0n) is 14.2. The van der Waals surface area contributed by atoms with Gasteiger partial charge in [-0.1, -0.05) is 11.6 Å². The van der Waals surface area contributed by atoms with Gasteiger partial charge in [0.1, 0.15) is 6.33 Å². The van der Waals surface area contributed by atoms with Gasteiger partial charge in [0, 0.05) is 15.5 Å². The number of carbonyl (C=O) groups is 2. The Morgan fingerprint density at radius 1 is 1.23 bits per heavy atom. The van der Waals surface area contributed by atoms with E-state index in [1.54, 1.807) is 0 Å². The molecule has 26 heavy (non-hydrogen) atoms. The highest BCUT2D eigenvalue weighted by Gasteiger charge is 2.29. The number of imide groups is 1. The topological polar surface area (TPSA) is 75.2 Å². The summed E-state index contributed by atoms with van der Waals surface area (Å²) < 4.78 is 0.916. The maximum atomic E-state index is 11.8. The van der Waals surface area contributed by atoms with Crippen molar-refractivity contribution in [2.45, 2.75) is 20.4 Å². The Labute approximate surface area is 158 Å². The normalized spacial score (nSPS) is 14.3. The molecule has 1 fully saturated rings. The fourth-order valence-corrected chi connectivity index (χ4v) is 4.38. The first-order valence-electron chi connectivity index (χ1n) is 8.03. The van der Waals surface area contributed by atoms with Crippen LogP contribution in [0.15, 0.2) is 24.5 Å². The Morgan fingerprint density at radius 3 is 2.77 bits per heavy atom. The van der Waals surface area contributed by atoms with Crippen molar-refractivity contribution in [3.05, 3.63) is 45.6 Å². The van der Waals surface area contributed by atoms with E-state index in [0.717, 1.165) is 37.5 Å². The molecule has 0 saturated carbocycles. The lowest BCUT2D eigenvalue weighted by molar-refractivity contribution is -0.125. The Kier molecular flexibility index (Phi) is 4.13. The molecular weight excluding hydrogens is 372 g/mol. The first-order chi connectivity index (χ1) is 12.4. The number of benzene rings is 1. The summed E-state index contributed by atoms with van der Waals surface area (Å²) in [6.45, 7) is 4.34. The third kappa shape index (κ3) is 2.83. The highest BCUT2D eigenvalue weighted by Crippen LogP contribution is 2.36. The minimum atomic E-state index is -0.361. The second-order valence-corrected chi connectivity index (χ2v) is 7.76. The Balaban J connectivity index is 1.80. The van der Waals surface area contributed by atoms with Gasteiger partial charge in [0.2, 0.25) is 5.91 Å². The van der Waals surface area contributed by atoms with Crippen LogP contribution < -0.4 is 5.32 Å². The number of thiophene rings is 1. The number of halogens is 1. The summed E-state index contributed by atoms with van der Waals surface area (Å²) in [5.41, 5.74) is 4.77. The molecule has 0 unspecified atom stereocenters. The molecule has 0 radical (unpaired) electrons. The summed E-state index contributed by atoms with van der Waals surface area (Å²) >= 11 is 7.73. The number of aromatic nitrogens is 2. The molecule has 1 aliphatic heterocycles. The van der Waals surface area contributed by atoms with E-state index in [1.165, 1.54) is 22.6 Å². The van der Waals surface area contributed by atoms with Gasteiger partial charge >= 0.3 is 6.03 Å². The third-order valence-electron chi connectivity index (χ3n) is 4.50. The van der Waals surface area contributed by atoms with Crippen LogP contribution >= 0.6 is 22.9 Å². The van der Waals surface area contributed by atoms with Crippen LogP contribution in [-0.2, 0) is 11.3 Å². The summed E-state index contributed by atoms with van der Waals surface area (Å²) in [6.07, 6.45) is 1.53. The molecule has 0 spiro atoms. The highest BCUT2D eigenvalue weighted by atomic mass is 35.5. The lowest BCUT2D eigenvalue weighted by Crippen LogP contribution is -2.29. The molecule has 3 heterocycles. The number of aryl methyl sites for hydroxylation is 1. The summed E-state index contributed by atoms with van der Waals surface area (Å²) in [5.74, 6) is -0.222. The predicted octanol–water partition coefficient (Wildman–Crippen LogP) is 3.68. The van der Waals surface area contributed by atoms with Gasteiger partial charge in [0.15, 0.2) is 0 Å². The SMILES string of the molecule is Cc1cc(Cl)cc(-c2ncnc3cc(CN4C(=O)CNC4=O)sc23)c1C. The van der Waals surface area contributed by atoms with Crippen LogP contribution in [0.2, 0.25) is 5.02 Å².